The van der Waals surface area contributed by atoms with Crippen molar-refractivity contribution < 1.29 is 24.6 Å². The third-order valence-electron chi connectivity index (χ3n) is 2.80. The van der Waals surface area contributed by atoms with Crippen molar-refractivity contribution in [1.29, 1.82) is 0 Å². The number of rotatable bonds is 6. The maximum absolute atomic E-state index is 10.9. The quantitative estimate of drug-likeness (QED) is 0.578. The van der Waals surface area contributed by atoms with Gasteiger partial charge in [0.2, 0.25) is 6.41 Å². The standard InChI is InChI=1S/C10H16N2O5/c13-7-12-3-1-11(2-4-12)6-8(10(16)17)5-9(14)15/h7-8H,1-6H2,(H,14,15)(H,16,17). The lowest BCUT2D eigenvalue weighted by Gasteiger charge is -2.33. The molecule has 1 heterocycles. The molecule has 1 aliphatic rings. The molecular formula is C10H16N2O5. The normalized spacial score (nSPS) is 18.7. The summed E-state index contributed by atoms with van der Waals surface area (Å²) in [5.41, 5.74) is 0. The van der Waals surface area contributed by atoms with Gasteiger partial charge in [0.25, 0.3) is 0 Å². The Bertz CT molecular complexity index is 299. The number of piperazine rings is 1. The highest BCUT2D eigenvalue weighted by Gasteiger charge is 2.25. The summed E-state index contributed by atoms with van der Waals surface area (Å²) in [5.74, 6) is -3.09. The summed E-state index contributed by atoms with van der Waals surface area (Å²) in [6.07, 6.45) is 0.395. The Morgan fingerprint density at radius 1 is 1.18 bits per heavy atom. The van der Waals surface area contributed by atoms with Crippen LogP contribution in [0.2, 0.25) is 0 Å². The van der Waals surface area contributed by atoms with Crippen LogP contribution in [0.4, 0.5) is 0 Å². The van der Waals surface area contributed by atoms with Crippen LogP contribution in [0.5, 0.6) is 0 Å². The molecule has 1 fully saturated rings. The smallest absolute Gasteiger partial charge is 0.308 e. The van der Waals surface area contributed by atoms with E-state index in [2.05, 4.69) is 0 Å². The average molecular weight is 244 g/mol. The van der Waals surface area contributed by atoms with Crippen LogP contribution in [0.1, 0.15) is 6.42 Å². The SMILES string of the molecule is O=CN1CCN(CC(CC(=O)O)C(=O)O)CC1. The van der Waals surface area contributed by atoms with Crippen LogP contribution < -0.4 is 0 Å². The first kappa shape index (κ1) is 13.4. The maximum atomic E-state index is 10.9. The molecule has 0 aromatic carbocycles. The van der Waals surface area contributed by atoms with E-state index in [1.807, 2.05) is 4.90 Å². The Balaban J connectivity index is 2.43. The number of nitrogens with zero attached hydrogens (tertiary/aromatic N) is 2. The lowest BCUT2D eigenvalue weighted by molar-refractivity contribution is -0.149. The summed E-state index contributed by atoms with van der Waals surface area (Å²) in [4.78, 5) is 35.4. The highest BCUT2D eigenvalue weighted by molar-refractivity contribution is 5.77. The molecule has 1 aliphatic heterocycles. The Morgan fingerprint density at radius 2 is 1.76 bits per heavy atom. The van der Waals surface area contributed by atoms with E-state index in [0.29, 0.717) is 26.2 Å². The summed E-state index contributed by atoms with van der Waals surface area (Å²) in [5, 5.41) is 17.5. The number of hydrogen-bond acceptors (Lipinski definition) is 4. The van der Waals surface area contributed by atoms with E-state index in [1.165, 1.54) is 0 Å². The number of carbonyl (C=O) groups is 3. The van der Waals surface area contributed by atoms with Crippen molar-refractivity contribution in [2.45, 2.75) is 6.42 Å². The van der Waals surface area contributed by atoms with Crippen molar-refractivity contribution in [3.63, 3.8) is 0 Å². The molecular weight excluding hydrogens is 228 g/mol. The molecule has 1 atom stereocenters. The van der Waals surface area contributed by atoms with Crippen molar-refractivity contribution in [3.8, 4) is 0 Å². The van der Waals surface area contributed by atoms with E-state index in [1.54, 1.807) is 4.90 Å². The van der Waals surface area contributed by atoms with Crippen LogP contribution in [-0.2, 0) is 14.4 Å². The van der Waals surface area contributed by atoms with E-state index in [0.717, 1.165) is 6.41 Å². The van der Waals surface area contributed by atoms with Gasteiger partial charge in [0, 0.05) is 32.7 Å². The van der Waals surface area contributed by atoms with Crippen LogP contribution in [0.25, 0.3) is 0 Å². The maximum Gasteiger partial charge on any atom is 0.308 e. The predicted octanol–water partition coefficient (Wildman–Crippen LogP) is -1.06. The van der Waals surface area contributed by atoms with Gasteiger partial charge in [0.05, 0.1) is 12.3 Å². The number of carboxylic acid groups (broad SMARTS) is 2. The van der Waals surface area contributed by atoms with Crippen LogP contribution >= 0.6 is 0 Å². The largest absolute Gasteiger partial charge is 0.481 e. The minimum atomic E-state index is -1.11. The molecule has 1 amide bonds. The fourth-order valence-electron chi connectivity index (χ4n) is 1.80. The lowest BCUT2D eigenvalue weighted by atomic mass is 10.0. The fraction of sp³-hybridized carbons (Fsp3) is 0.700. The van der Waals surface area contributed by atoms with Gasteiger partial charge >= 0.3 is 11.9 Å². The van der Waals surface area contributed by atoms with Gasteiger partial charge in [-0.25, -0.2) is 0 Å². The Labute approximate surface area is 98.6 Å². The monoisotopic (exact) mass is 244 g/mol. The second-order valence-electron chi connectivity index (χ2n) is 4.08. The van der Waals surface area contributed by atoms with Gasteiger partial charge in [-0.05, 0) is 0 Å². The van der Waals surface area contributed by atoms with Crippen LogP contribution in [0.3, 0.4) is 0 Å². The molecule has 17 heavy (non-hydrogen) atoms. The molecule has 1 unspecified atom stereocenters. The Morgan fingerprint density at radius 3 is 2.18 bits per heavy atom. The van der Waals surface area contributed by atoms with E-state index in [-0.39, 0.29) is 13.0 Å². The van der Waals surface area contributed by atoms with Crippen LogP contribution in [0, 0.1) is 5.92 Å². The van der Waals surface area contributed by atoms with Crippen molar-refractivity contribution in [3.05, 3.63) is 0 Å². The van der Waals surface area contributed by atoms with Crippen molar-refractivity contribution >= 4 is 18.3 Å². The number of carboxylic acids is 2. The molecule has 1 saturated heterocycles. The third kappa shape index (κ3) is 4.39. The van der Waals surface area contributed by atoms with Crippen LogP contribution in [0.15, 0.2) is 0 Å². The first-order valence-electron chi connectivity index (χ1n) is 5.39. The van der Waals surface area contributed by atoms with Gasteiger partial charge < -0.3 is 15.1 Å². The zero-order valence-corrected chi connectivity index (χ0v) is 9.41. The number of carbonyl (C=O) groups excluding carboxylic acids is 1. The van der Waals surface area contributed by atoms with Crippen molar-refractivity contribution in [1.82, 2.24) is 9.80 Å². The topological polar surface area (TPSA) is 98.2 Å². The molecule has 2 N–H and O–H groups in total. The van der Waals surface area contributed by atoms with Crippen LogP contribution in [-0.4, -0.2) is 71.1 Å². The molecule has 0 aromatic heterocycles. The highest BCUT2D eigenvalue weighted by atomic mass is 16.4. The van der Waals surface area contributed by atoms with Gasteiger partial charge in [0.15, 0.2) is 0 Å². The Hall–Kier alpha value is -1.63. The van der Waals surface area contributed by atoms with Gasteiger partial charge in [-0.3, -0.25) is 19.3 Å². The summed E-state index contributed by atoms with van der Waals surface area (Å²) in [6, 6.07) is 0. The average Bonchev–Trinajstić information content (AvgIpc) is 2.28. The molecule has 7 nitrogen and oxygen atoms in total. The minimum Gasteiger partial charge on any atom is -0.481 e. The second kappa shape index (κ2) is 6.19. The first-order valence-corrected chi connectivity index (χ1v) is 5.39. The fourth-order valence-corrected chi connectivity index (χ4v) is 1.80. The first-order chi connectivity index (χ1) is 8.02. The van der Waals surface area contributed by atoms with Gasteiger partial charge in [0.1, 0.15) is 0 Å². The van der Waals surface area contributed by atoms with Gasteiger partial charge in [-0.1, -0.05) is 0 Å². The number of aliphatic carboxylic acids is 2. The summed E-state index contributed by atoms with van der Waals surface area (Å²) >= 11 is 0. The second-order valence-corrected chi connectivity index (χ2v) is 4.08. The van der Waals surface area contributed by atoms with E-state index in [9.17, 15) is 14.4 Å². The zero-order valence-electron chi connectivity index (χ0n) is 9.41. The summed E-state index contributed by atoms with van der Waals surface area (Å²) in [7, 11) is 0. The molecule has 0 bridgehead atoms. The van der Waals surface area contributed by atoms with Gasteiger partial charge in [-0.15, -0.1) is 0 Å². The molecule has 96 valence electrons. The zero-order chi connectivity index (χ0) is 12.8. The summed E-state index contributed by atoms with van der Waals surface area (Å²) in [6.45, 7) is 2.50. The molecule has 0 aliphatic carbocycles. The van der Waals surface area contributed by atoms with E-state index < -0.39 is 17.9 Å². The predicted molar refractivity (Wildman–Crippen MR) is 57.5 cm³/mol. The molecule has 0 spiro atoms. The summed E-state index contributed by atoms with van der Waals surface area (Å²) < 4.78 is 0. The number of hydrogen-bond donors (Lipinski definition) is 2. The minimum absolute atomic E-state index is 0.217. The van der Waals surface area contributed by atoms with Gasteiger partial charge in [-0.2, -0.15) is 0 Å². The highest BCUT2D eigenvalue weighted by Crippen LogP contribution is 2.09. The molecule has 0 saturated carbocycles. The van der Waals surface area contributed by atoms with E-state index >= 15 is 0 Å². The lowest BCUT2D eigenvalue weighted by Crippen LogP contribution is -2.48. The molecule has 0 aromatic rings. The number of amides is 1. The molecule has 1 rings (SSSR count). The Kier molecular flexibility index (Phi) is 4.89. The molecule has 7 heteroatoms. The van der Waals surface area contributed by atoms with Crippen molar-refractivity contribution in [2.75, 3.05) is 32.7 Å². The molecule has 0 radical (unpaired) electrons. The van der Waals surface area contributed by atoms with E-state index in [4.69, 9.17) is 10.2 Å². The van der Waals surface area contributed by atoms with Crippen molar-refractivity contribution in [2.24, 2.45) is 5.92 Å². The third-order valence-corrected chi connectivity index (χ3v) is 2.80.